The second kappa shape index (κ2) is 7.94. The Morgan fingerprint density at radius 1 is 1.09 bits per heavy atom. The van der Waals surface area contributed by atoms with Gasteiger partial charge in [-0.1, -0.05) is 32.8 Å². The maximum atomic E-state index is 12.7. The number of alkyl halides is 3. The van der Waals surface area contributed by atoms with Crippen LogP contribution in [0.4, 0.5) is 24.9 Å². The van der Waals surface area contributed by atoms with E-state index < -0.39 is 12.7 Å². The largest absolute Gasteiger partial charge is 0.405 e. The van der Waals surface area contributed by atoms with Gasteiger partial charge in [-0.25, -0.2) is 4.98 Å². The Kier molecular flexibility index (Phi) is 5.55. The lowest BCUT2D eigenvalue weighted by molar-refractivity contribution is -0.115. The molecule has 1 aliphatic rings. The molecule has 0 spiro atoms. The van der Waals surface area contributed by atoms with E-state index in [9.17, 15) is 13.2 Å². The fraction of sp³-hybridized carbons (Fsp3) is 0.522. The second-order valence-electron chi connectivity index (χ2n) is 9.68. The number of nitrogens with zero attached hydrogens (tertiary/aromatic N) is 3. The van der Waals surface area contributed by atoms with E-state index in [2.05, 4.69) is 27.8 Å². The summed E-state index contributed by atoms with van der Waals surface area (Å²) in [5.74, 6) is 0.879. The molecule has 4 rings (SSSR count). The highest BCUT2D eigenvalue weighted by Crippen LogP contribution is 2.36. The zero-order valence-electron chi connectivity index (χ0n) is 18.9. The second-order valence-corrected chi connectivity index (χ2v) is 9.68. The van der Waals surface area contributed by atoms with Gasteiger partial charge in [0, 0.05) is 17.1 Å². The van der Waals surface area contributed by atoms with Crippen molar-refractivity contribution in [3.63, 3.8) is 0 Å². The van der Waals surface area contributed by atoms with E-state index in [-0.39, 0.29) is 5.41 Å². The Morgan fingerprint density at radius 3 is 2.44 bits per heavy atom. The molecule has 2 N–H and O–H groups in total. The van der Waals surface area contributed by atoms with E-state index in [1.807, 2.05) is 33.8 Å². The lowest BCUT2D eigenvalue weighted by atomic mass is 9.81. The highest BCUT2D eigenvalue weighted by molar-refractivity contribution is 5.90. The van der Waals surface area contributed by atoms with Crippen molar-refractivity contribution in [3.05, 3.63) is 29.3 Å². The zero-order valence-corrected chi connectivity index (χ0v) is 18.9. The molecule has 1 saturated carbocycles. The number of aryl methyl sites for hydroxylation is 1. The third-order valence-electron chi connectivity index (χ3n) is 5.99. The standard InChI is InChI=1S/C23H28F3N5O/c1-12-6-7-17(12)29-21-31-30-20(32-21)18-8-13(2)15-9-14(27-11-23(24,25)26)10-16(19(15)28-18)22(3,4)5/h8-10,12,17,27H,6-7,11H2,1-5H3,(H,29,31). The molecule has 0 saturated heterocycles. The summed E-state index contributed by atoms with van der Waals surface area (Å²) in [6.45, 7) is 9.01. The van der Waals surface area contributed by atoms with E-state index in [0.29, 0.717) is 40.8 Å². The predicted octanol–water partition coefficient (Wildman–Crippen LogP) is 6.08. The van der Waals surface area contributed by atoms with E-state index in [0.717, 1.165) is 22.9 Å². The Balaban J connectivity index is 1.73. The molecule has 1 fully saturated rings. The van der Waals surface area contributed by atoms with Gasteiger partial charge in [-0.15, -0.1) is 5.10 Å². The molecule has 32 heavy (non-hydrogen) atoms. The van der Waals surface area contributed by atoms with Crippen LogP contribution in [0, 0.1) is 12.8 Å². The summed E-state index contributed by atoms with van der Waals surface area (Å²) in [6.07, 6.45) is -2.04. The number of nitrogens with one attached hydrogen (secondary N) is 2. The van der Waals surface area contributed by atoms with Crippen LogP contribution in [0.25, 0.3) is 22.5 Å². The van der Waals surface area contributed by atoms with Crippen LogP contribution in [0.1, 0.15) is 51.7 Å². The number of rotatable bonds is 5. The highest BCUT2D eigenvalue weighted by atomic mass is 19.4. The van der Waals surface area contributed by atoms with Crippen molar-refractivity contribution in [3.8, 4) is 11.6 Å². The summed E-state index contributed by atoms with van der Waals surface area (Å²) in [7, 11) is 0. The molecule has 6 nitrogen and oxygen atoms in total. The van der Waals surface area contributed by atoms with Gasteiger partial charge in [-0.3, -0.25) is 0 Å². The van der Waals surface area contributed by atoms with Crippen molar-refractivity contribution < 1.29 is 17.6 Å². The molecule has 0 radical (unpaired) electrons. The lowest BCUT2D eigenvalue weighted by Crippen LogP contribution is -2.36. The van der Waals surface area contributed by atoms with Gasteiger partial charge in [-0.2, -0.15) is 13.2 Å². The first-order chi connectivity index (χ1) is 14.9. The minimum atomic E-state index is -4.30. The number of hydrogen-bond acceptors (Lipinski definition) is 6. The molecule has 2 aromatic heterocycles. The Bertz CT molecular complexity index is 1130. The molecule has 2 heterocycles. The molecule has 172 valence electrons. The molecule has 2 atom stereocenters. The van der Waals surface area contributed by atoms with Gasteiger partial charge in [0.25, 0.3) is 5.89 Å². The quantitative estimate of drug-likeness (QED) is 0.494. The normalized spacial score (nSPS) is 19.1. The van der Waals surface area contributed by atoms with Crippen molar-refractivity contribution in [2.45, 2.75) is 65.1 Å². The maximum Gasteiger partial charge on any atom is 0.405 e. The van der Waals surface area contributed by atoms with Gasteiger partial charge in [0.1, 0.15) is 12.2 Å². The molecule has 1 aromatic carbocycles. The smallest absolute Gasteiger partial charge is 0.402 e. The van der Waals surface area contributed by atoms with Crippen molar-refractivity contribution in [2.24, 2.45) is 5.92 Å². The molecule has 9 heteroatoms. The van der Waals surface area contributed by atoms with Crippen molar-refractivity contribution in [1.82, 2.24) is 15.2 Å². The Morgan fingerprint density at radius 2 is 1.84 bits per heavy atom. The van der Waals surface area contributed by atoms with Gasteiger partial charge in [0.2, 0.25) is 0 Å². The summed E-state index contributed by atoms with van der Waals surface area (Å²) < 4.78 is 44.0. The number of hydrogen-bond donors (Lipinski definition) is 2. The molecule has 0 bridgehead atoms. The Labute approximate surface area is 185 Å². The van der Waals surface area contributed by atoms with Crippen molar-refractivity contribution >= 4 is 22.6 Å². The molecular formula is C23H28F3N5O. The average molecular weight is 448 g/mol. The molecular weight excluding hydrogens is 419 g/mol. The lowest BCUT2D eigenvalue weighted by Gasteiger charge is -2.33. The van der Waals surface area contributed by atoms with E-state index in [1.54, 1.807) is 12.1 Å². The summed E-state index contributed by atoms with van der Waals surface area (Å²) in [6, 6.07) is 5.99. The number of anilines is 2. The predicted molar refractivity (Wildman–Crippen MR) is 119 cm³/mol. The number of fused-ring (bicyclic) bond motifs is 1. The zero-order chi connectivity index (χ0) is 23.3. The molecule has 0 amide bonds. The van der Waals surface area contributed by atoms with Crippen molar-refractivity contribution in [1.29, 1.82) is 0 Å². The van der Waals surface area contributed by atoms with E-state index in [4.69, 9.17) is 9.40 Å². The fourth-order valence-electron chi connectivity index (χ4n) is 3.90. The van der Waals surface area contributed by atoms with Gasteiger partial charge in [-0.05, 0) is 60.4 Å². The van der Waals surface area contributed by atoms with Crippen LogP contribution < -0.4 is 10.6 Å². The fourth-order valence-corrected chi connectivity index (χ4v) is 3.90. The molecule has 2 unspecified atom stereocenters. The minimum absolute atomic E-state index is 0.309. The van der Waals surface area contributed by atoms with Crippen LogP contribution in [-0.2, 0) is 5.41 Å². The Hall–Kier alpha value is -2.84. The first kappa shape index (κ1) is 22.4. The summed E-state index contributed by atoms with van der Waals surface area (Å²) >= 11 is 0. The summed E-state index contributed by atoms with van der Waals surface area (Å²) in [5, 5.41) is 14.8. The molecule has 1 aliphatic carbocycles. The number of pyridine rings is 1. The topological polar surface area (TPSA) is 75.9 Å². The number of aromatic nitrogens is 3. The highest BCUT2D eigenvalue weighted by Gasteiger charge is 2.29. The van der Waals surface area contributed by atoms with Crippen LogP contribution in [0.3, 0.4) is 0 Å². The van der Waals surface area contributed by atoms with Crippen LogP contribution in [0.2, 0.25) is 0 Å². The van der Waals surface area contributed by atoms with Crippen LogP contribution in [0.15, 0.2) is 22.6 Å². The summed E-state index contributed by atoms with van der Waals surface area (Å²) in [4.78, 5) is 4.79. The van der Waals surface area contributed by atoms with Gasteiger partial charge >= 0.3 is 12.2 Å². The summed E-state index contributed by atoms with van der Waals surface area (Å²) in [5.41, 5.74) is 3.03. The first-order valence-electron chi connectivity index (χ1n) is 10.8. The van der Waals surface area contributed by atoms with Gasteiger partial charge in [0.05, 0.1) is 5.52 Å². The van der Waals surface area contributed by atoms with E-state index >= 15 is 0 Å². The number of benzene rings is 1. The number of halogens is 3. The van der Waals surface area contributed by atoms with Crippen LogP contribution >= 0.6 is 0 Å². The third kappa shape index (κ3) is 4.66. The van der Waals surface area contributed by atoms with Crippen LogP contribution in [-0.4, -0.2) is 33.9 Å². The van der Waals surface area contributed by atoms with Crippen molar-refractivity contribution in [2.75, 3.05) is 17.2 Å². The molecule has 0 aliphatic heterocycles. The maximum absolute atomic E-state index is 12.7. The average Bonchev–Trinajstić information content (AvgIpc) is 3.16. The SMILES string of the molecule is Cc1cc(-c2nnc(NC3CCC3C)o2)nc2c(C(C)(C)C)cc(NCC(F)(F)F)cc12. The monoisotopic (exact) mass is 447 g/mol. The third-order valence-corrected chi connectivity index (χ3v) is 5.99. The van der Waals surface area contributed by atoms with Gasteiger partial charge < -0.3 is 15.1 Å². The molecule has 3 aromatic rings. The van der Waals surface area contributed by atoms with Gasteiger partial charge in [0.15, 0.2) is 0 Å². The van der Waals surface area contributed by atoms with Crippen LogP contribution in [0.5, 0.6) is 0 Å². The minimum Gasteiger partial charge on any atom is -0.402 e. The van der Waals surface area contributed by atoms with E-state index in [1.165, 1.54) is 6.42 Å². The first-order valence-corrected chi connectivity index (χ1v) is 10.8.